The third-order valence-corrected chi connectivity index (χ3v) is 4.43. The summed E-state index contributed by atoms with van der Waals surface area (Å²) in [5.74, 6) is 0. The summed E-state index contributed by atoms with van der Waals surface area (Å²) in [5.41, 5.74) is 1.15. The minimum absolute atomic E-state index is 0.165. The van der Waals surface area contributed by atoms with Gasteiger partial charge in [0.1, 0.15) is 0 Å². The van der Waals surface area contributed by atoms with E-state index in [1.54, 1.807) is 12.4 Å². The molecule has 0 aliphatic carbocycles. The first-order valence-electron chi connectivity index (χ1n) is 9.60. The summed E-state index contributed by atoms with van der Waals surface area (Å²) in [6.45, 7) is 7.27. The molecular formula is C18H35N5O4. The molecule has 0 aliphatic rings. The van der Waals surface area contributed by atoms with Crippen LogP contribution in [-0.2, 0) is 6.42 Å². The second-order valence-electron chi connectivity index (χ2n) is 6.42. The smallest absolute Gasteiger partial charge is 0.0925 e. The minimum atomic E-state index is -0.881. The number of rotatable bonds is 14. The van der Waals surface area contributed by atoms with E-state index in [0.29, 0.717) is 31.0 Å². The maximum Gasteiger partial charge on any atom is 0.0925 e. The number of hydrogen-bond donors (Lipinski definition) is 7. The van der Waals surface area contributed by atoms with Crippen molar-refractivity contribution < 1.29 is 20.4 Å². The van der Waals surface area contributed by atoms with Crippen LogP contribution in [0.1, 0.15) is 38.2 Å². The molecule has 1 rings (SSSR count). The predicted octanol–water partition coefficient (Wildman–Crippen LogP) is -1.67. The van der Waals surface area contributed by atoms with Crippen molar-refractivity contribution in [2.75, 3.05) is 32.8 Å². The summed E-state index contributed by atoms with van der Waals surface area (Å²) in [7, 11) is 0. The molecule has 0 aliphatic heterocycles. The van der Waals surface area contributed by atoms with Gasteiger partial charge in [-0.05, 0) is 19.6 Å². The van der Waals surface area contributed by atoms with E-state index in [4.69, 9.17) is 0 Å². The quantitative estimate of drug-likeness (QED) is 0.200. The Hall–Kier alpha value is -1.20. The molecule has 1 aromatic rings. The molecule has 1 heterocycles. The third kappa shape index (κ3) is 7.38. The van der Waals surface area contributed by atoms with Gasteiger partial charge in [-0.15, -0.1) is 0 Å². The minimum Gasteiger partial charge on any atom is -0.395 e. The van der Waals surface area contributed by atoms with Crippen LogP contribution in [-0.4, -0.2) is 87.5 Å². The van der Waals surface area contributed by atoms with Crippen LogP contribution in [0.5, 0.6) is 0 Å². The van der Waals surface area contributed by atoms with Crippen LogP contribution in [0.15, 0.2) is 12.4 Å². The van der Waals surface area contributed by atoms with Crippen molar-refractivity contribution in [2.24, 2.45) is 0 Å². The van der Waals surface area contributed by atoms with Crippen molar-refractivity contribution in [1.82, 2.24) is 25.9 Å². The van der Waals surface area contributed by atoms with Crippen molar-refractivity contribution in [1.29, 1.82) is 0 Å². The second-order valence-corrected chi connectivity index (χ2v) is 6.42. The lowest BCUT2D eigenvalue weighted by atomic mass is 10.0. The van der Waals surface area contributed by atoms with Crippen molar-refractivity contribution in [3.05, 3.63) is 23.8 Å². The summed E-state index contributed by atoms with van der Waals surface area (Å²) >= 11 is 0. The molecule has 27 heavy (non-hydrogen) atoms. The van der Waals surface area contributed by atoms with Crippen LogP contribution >= 0.6 is 0 Å². The Bertz CT molecular complexity index is 505. The molecule has 0 bridgehead atoms. The van der Waals surface area contributed by atoms with Crippen molar-refractivity contribution >= 4 is 0 Å². The fourth-order valence-electron chi connectivity index (χ4n) is 2.98. The SMILES string of the molecule is CCN[C@@H](CO)[C@@H](O)[C@@H](NCC)c1cnc(C[C@H](O)[C@H](CO)NCC)cn1. The van der Waals surface area contributed by atoms with E-state index in [-0.39, 0.29) is 19.6 Å². The summed E-state index contributed by atoms with van der Waals surface area (Å²) in [4.78, 5) is 8.74. The zero-order chi connectivity index (χ0) is 20.2. The molecule has 9 heteroatoms. The van der Waals surface area contributed by atoms with Crippen molar-refractivity contribution in [2.45, 2.75) is 57.5 Å². The van der Waals surface area contributed by atoms with Gasteiger partial charge in [-0.25, -0.2) is 0 Å². The normalized spacial score (nSPS) is 17.3. The average molecular weight is 386 g/mol. The molecule has 0 radical (unpaired) electrons. The molecule has 0 unspecified atom stereocenters. The monoisotopic (exact) mass is 385 g/mol. The van der Waals surface area contributed by atoms with Crippen LogP contribution in [0.3, 0.4) is 0 Å². The van der Waals surface area contributed by atoms with E-state index >= 15 is 0 Å². The Morgan fingerprint density at radius 3 is 1.93 bits per heavy atom. The van der Waals surface area contributed by atoms with Gasteiger partial charge in [0.15, 0.2) is 0 Å². The highest BCUT2D eigenvalue weighted by atomic mass is 16.3. The first-order chi connectivity index (χ1) is 13.0. The number of aliphatic hydroxyl groups excluding tert-OH is 4. The zero-order valence-corrected chi connectivity index (χ0v) is 16.5. The number of likely N-dealkylation sites (N-methyl/N-ethyl adjacent to an activating group) is 3. The summed E-state index contributed by atoms with van der Waals surface area (Å²) in [6, 6.07) is -1.38. The van der Waals surface area contributed by atoms with Crippen LogP contribution in [0, 0.1) is 0 Å². The van der Waals surface area contributed by atoms with Gasteiger partial charge in [-0.1, -0.05) is 20.8 Å². The van der Waals surface area contributed by atoms with E-state index in [1.165, 1.54) is 0 Å². The van der Waals surface area contributed by atoms with Gasteiger partial charge >= 0.3 is 0 Å². The molecule has 0 aromatic carbocycles. The number of hydrogen-bond acceptors (Lipinski definition) is 9. The average Bonchev–Trinajstić information content (AvgIpc) is 2.68. The predicted molar refractivity (Wildman–Crippen MR) is 103 cm³/mol. The van der Waals surface area contributed by atoms with E-state index < -0.39 is 30.3 Å². The Balaban J connectivity index is 2.86. The van der Waals surface area contributed by atoms with Gasteiger partial charge in [0, 0.05) is 12.6 Å². The standard InChI is InChI=1S/C18H35N5O4/c1-4-19-14(10-24)16(26)7-12-8-23-13(9-22-12)17(21-6-3)18(27)15(11-25)20-5-2/h8-9,14-21,24-27H,4-7,10-11H2,1-3H3/t14-,15-,16-,17-,18+/m0/s1. The van der Waals surface area contributed by atoms with Crippen LogP contribution in [0.25, 0.3) is 0 Å². The molecule has 5 atom stereocenters. The molecule has 7 N–H and O–H groups in total. The molecule has 0 saturated carbocycles. The maximum absolute atomic E-state index is 10.6. The molecule has 0 amide bonds. The largest absolute Gasteiger partial charge is 0.395 e. The zero-order valence-electron chi connectivity index (χ0n) is 16.5. The summed E-state index contributed by atoms with van der Waals surface area (Å²) in [6.07, 6.45) is 1.74. The lowest BCUT2D eigenvalue weighted by Crippen LogP contribution is -2.49. The first kappa shape index (κ1) is 23.8. The Morgan fingerprint density at radius 1 is 0.852 bits per heavy atom. The van der Waals surface area contributed by atoms with Gasteiger partial charge in [0.2, 0.25) is 0 Å². The molecule has 156 valence electrons. The molecule has 9 nitrogen and oxygen atoms in total. The molecular weight excluding hydrogens is 350 g/mol. The van der Waals surface area contributed by atoms with E-state index in [0.717, 1.165) is 0 Å². The Kier molecular flexibility index (Phi) is 11.5. The topological polar surface area (TPSA) is 143 Å². The van der Waals surface area contributed by atoms with Gasteiger partial charge < -0.3 is 36.4 Å². The number of nitrogens with zero attached hydrogens (tertiary/aromatic N) is 2. The highest BCUT2D eigenvalue weighted by molar-refractivity contribution is 5.11. The molecule has 0 saturated heterocycles. The first-order valence-corrected chi connectivity index (χ1v) is 9.60. The van der Waals surface area contributed by atoms with Crippen LogP contribution in [0.4, 0.5) is 0 Å². The molecule has 1 aromatic heterocycles. The van der Waals surface area contributed by atoms with Crippen molar-refractivity contribution in [3.8, 4) is 0 Å². The van der Waals surface area contributed by atoms with Gasteiger partial charge in [0.05, 0.1) is 61.1 Å². The lowest BCUT2D eigenvalue weighted by molar-refractivity contribution is 0.0584. The van der Waals surface area contributed by atoms with E-state index in [2.05, 4.69) is 25.9 Å². The van der Waals surface area contributed by atoms with Crippen molar-refractivity contribution in [3.63, 3.8) is 0 Å². The highest BCUT2D eigenvalue weighted by Crippen LogP contribution is 2.17. The van der Waals surface area contributed by atoms with Gasteiger partial charge in [-0.2, -0.15) is 0 Å². The van der Waals surface area contributed by atoms with Gasteiger partial charge in [0.25, 0.3) is 0 Å². The Labute approximate surface area is 161 Å². The summed E-state index contributed by atoms with van der Waals surface area (Å²) in [5, 5.41) is 49.0. The maximum atomic E-state index is 10.6. The van der Waals surface area contributed by atoms with E-state index in [9.17, 15) is 20.4 Å². The number of aliphatic hydroxyl groups is 4. The second kappa shape index (κ2) is 13.1. The fraction of sp³-hybridized carbons (Fsp3) is 0.778. The molecule has 0 spiro atoms. The highest BCUT2D eigenvalue weighted by Gasteiger charge is 2.29. The van der Waals surface area contributed by atoms with Crippen LogP contribution in [0.2, 0.25) is 0 Å². The number of nitrogens with one attached hydrogen (secondary N) is 3. The number of aromatic nitrogens is 2. The lowest BCUT2D eigenvalue weighted by Gasteiger charge is -2.29. The van der Waals surface area contributed by atoms with Gasteiger partial charge in [-0.3, -0.25) is 9.97 Å². The van der Waals surface area contributed by atoms with Crippen LogP contribution < -0.4 is 16.0 Å². The molecule has 0 fully saturated rings. The van der Waals surface area contributed by atoms with E-state index in [1.807, 2.05) is 20.8 Å². The third-order valence-electron chi connectivity index (χ3n) is 4.43. The fourth-order valence-corrected chi connectivity index (χ4v) is 2.98. The Morgan fingerprint density at radius 2 is 1.44 bits per heavy atom. The summed E-state index contributed by atoms with van der Waals surface area (Å²) < 4.78 is 0.